The van der Waals surface area contributed by atoms with Crippen molar-refractivity contribution in [3.63, 3.8) is 0 Å². The number of aromatic nitrogens is 1. The first-order valence-electron chi connectivity index (χ1n) is 12.2. The maximum absolute atomic E-state index is 5.55. The molecule has 0 atom stereocenters. The molecule has 0 radical (unpaired) electrons. The Bertz CT molecular complexity index is 1550. The highest BCUT2D eigenvalue weighted by Gasteiger charge is 2.40. The van der Waals surface area contributed by atoms with Crippen LogP contribution in [0.1, 0.15) is 25.0 Å². The van der Waals surface area contributed by atoms with Gasteiger partial charge in [0.25, 0.3) is 0 Å². The van der Waals surface area contributed by atoms with Crippen LogP contribution in [0.5, 0.6) is 0 Å². The number of anilines is 1. The van der Waals surface area contributed by atoms with E-state index >= 15 is 0 Å². The number of fused-ring (bicyclic) bond motifs is 7. The molecule has 1 saturated heterocycles. The molecule has 168 valence electrons. The third kappa shape index (κ3) is 2.68. The molecule has 1 aliphatic carbocycles. The summed E-state index contributed by atoms with van der Waals surface area (Å²) in [7, 11) is 0. The minimum absolute atomic E-state index is 0.0500. The van der Waals surface area contributed by atoms with Gasteiger partial charge in [-0.15, -0.1) is 0 Å². The molecule has 1 fully saturated rings. The second-order valence-corrected chi connectivity index (χ2v) is 10.0. The van der Waals surface area contributed by atoms with Crippen LogP contribution in [0.15, 0.2) is 84.9 Å². The van der Waals surface area contributed by atoms with Gasteiger partial charge < -0.3 is 14.2 Å². The zero-order chi connectivity index (χ0) is 22.9. The Morgan fingerprint density at radius 2 is 1.41 bits per heavy atom. The van der Waals surface area contributed by atoms with Gasteiger partial charge in [0.1, 0.15) is 0 Å². The summed E-state index contributed by atoms with van der Waals surface area (Å²) in [5, 5.41) is 3.94. The number of benzene rings is 4. The number of hydrogen-bond acceptors (Lipinski definition) is 2. The van der Waals surface area contributed by atoms with Crippen LogP contribution in [0, 0.1) is 0 Å². The van der Waals surface area contributed by atoms with Gasteiger partial charge in [-0.3, -0.25) is 0 Å². The lowest BCUT2D eigenvalue weighted by molar-refractivity contribution is 0.122. The van der Waals surface area contributed by atoms with E-state index in [0.29, 0.717) is 0 Å². The van der Waals surface area contributed by atoms with Gasteiger partial charge in [0.15, 0.2) is 0 Å². The predicted octanol–water partition coefficient (Wildman–Crippen LogP) is 6.93. The fourth-order valence-corrected chi connectivity index (χ4v) is 6.20. The molecular formula is C31H28N2O. The number of rotatable bonds is 2. The van der Waals surface area contributed by atoms with E-state index in [2.05, 4.69) is 108 Å². The summed E-state index contributed by atoms with van der Waals surface area (Å²) in [6.07, 6.45) is 0. The van der Waals surface area contributed by atoms with Crippen LogP contribution in [0.4, 0.5) is 5.69 Å². The van der Waals surface area contributed by atoms with E-state index in [1.54, 1.807) is 0 Å². The number of hydrogen-bond donors (Lipinski definition) is 0. The highest BCUT2D eigenvalue weighted by Crippen LogP contribution is 2.54. The van der Waals surface area contributed by atoms with Crippen LogP contribution in [0.3, 0.4) is 0 Å². The Hall–Kier alpha value is -3.56. The normalized spacial score (nSPS) is 16.7. The molecule has 0 bridgehead atoms. The van der Waals surface area contributed by atoms with Crippen molar-refractivity contribution in [1.29, 1.82) is 0 Å². The SMILES string of the molecule is CC1(C)c2ccccc2-c2c1c1ccc3ccccc3c1n2-c1ccc(N2CCOCC2)cc1. The molecule has 7 rings (SSSR count). The summed E-state index contributed by atoms with van der Waals surface area (Å²) in [5.74, 6) is 0. The lowest BCUT2D eigenvalue weighted by Gasteiger charge is -2.29. The lowest BCUT2D eigenvalue weighted by Crippen LogP contribution is -2.36. The highest BCUT2D eigenvalue weighted by atomic mass is 16.5. The summed E-state index contributed by atoms with van der Waals surface area (Å²) in [6, 6.07) is 31.5. The molecule has 3 heteroatoms. The topological polar surface area (TPSA) is 17.4 Å². The largest absolute Gasteiger partial charge is 0.378 e. The molecule has 4 aromatic carbocycles. The van der Waals surface area contributed by atoms with Crippen molar-refractivity contribution in [3.05, 3.63) is 96.1 Å². The Labute approximate surface area is 200 Å². The third-order valence-corrected chi connectivity index (χ3v) is 7.82. The van der Waals surface area contributed by atoms with Crippen molar-refractivity contribution in [2.75, 3.05) is 31.2 Å². The summed E-state index contributed by atoms with van der Waals surface area (Å²) in [4.78, 5) is 2.42. The molecule has 0 spiro atoms. The van der Waals surface area contributed by atoms with E-state index < -0.39 is 0 Å². The Kier molecular flexibility index (Phi) is 4.22. The molecule has 1 aromatic heterocycles. The summed E-state index contributed by atoms with van der Waals surface area (Å²) in [6.45, 7) is 8.25. The Morgan fingerprint density at radius 3 is 2.24 bits per heavy atom. The van der Waals surface area contributed by atoms with E-state index in [4.69, 9.17) is 4.74 Å². The van der Waals surface area contributed by atoms with Crippen LogP contribution >= 0.6 is 0 Å². The summed E-state index contributed by atoms with van der Waals surface area (Å²) < 4.78 is 8.07. The smallest absolute Gasteiger partial charge is 0.0642 e. The van der Waals surface area contributed by atoms with Gasteiger partial charge in [0, 0.05) is 46.2 Å². The van der Waals surface area contributed by atoms with Gasteiger partial charge in [-0.05, 0) is 40.8 Å². The summed E-state index contributed by atoms with van der Waals surface area (Å²) >= 11 is 0. The fraction of sp³-hybridized carbons (Fsp3) is 0.226. The molecule has 2 aliphatic rings. The van der Waals surface area contributed by atoms with Gasteiger partial charge >= 0.3 is 0 Å². The Morgan fingerprint density at radius 1 is 0.706 bits per heavy atom. The molecule has 34 heavy (non-hydrogen) atoms. The molecule has 0 unspecified atom stereocenters. The average Bonchev–Trinajstić information content (AvgIpc) is 3.36. The highest BCUT2D eigenvalue weighted by molar-refractivity contribution is 6.12. The fourth-order valence-electron chi connectivity index (χ4n) is 6.20. The van der Waals surface area contributed by atoms with Gasteiger partial charge in [-0.2, -0.15) is 0 Å². The zero-order valence-electron chi connectivity index (χ0n) is 19.7. The van der Waals surface area contributed by atoms with Gasteiger partial charge in [-0.1, -0.05) is 74.5 Å². The first-order chi connectivity index (χ1) is 16.6. The van der Waals surface area contributed by atoms with Crippen LogP contribution in [-0.2, 0) is 10.2 Å². The minimum Gasteiger partial charge on any atom is -0.378 e. The first-order valence-corrected chi connectivity index (χ1v) is 12.2. The van der Waals surface area contributed by atoms with Crippen molar-refractivity contribution in [1.82, 2.24) is 4.57 Å². The summed E-state index contributed by atoms with van der Waals surface area (Å²) in [5.41, 5.74) is 9.28. The van der Waals surface area contributed by atoms with Crippen LogP contribution in [0.2, 0.25) is 0 Å². The monoisotopic (exact) mass is 444 g/mol. The second kappa shape index (κ2) is 7.22. The van der Waals surface area contributed by atoms with Crippen LogP contribution in [-0.4, -0.2) is 30.9 Å². The number of morpholine rings is 1. The van der Waals surface area contributed by atoms with Crippen molar-refractivity contribution < 1.29 is 4.74 Å². The second-order valence-electron chi connectivity index (χ2n) is 10.0. The van der Waals surface area contributed by atoms with Crippen molar-refractivity contribution in [2.45, 2.75) is 19.3 Å². The van der Waals surface area contributed by atoms with Gasteiger partial charge in [0.2, 0.25) is 0 Å². The average molecular weight is 445 g/mol. The van der Waals surface area contributed by atoms with E-state index in [0.717, 1.165) is 26.3 Å². The quantitative estimate of drug-likeness (QED) is 0.294. The standard InChI is InChI=1S/C31H28N2O/c1-31(2)27-10-6-5-9-25(27)30-28(31)26-16-11-21-7-3-4-8-24(21)29(26)33(30)23-14-12-22(13-15-23)32-17-19-34-20-18-32/h3-16H,17-20H2,1-2H3. The molecule has 0 N–H and O–H groups in total. The number of nitrogens with zero attached hydrogens (tertiary/aromatic N) is 2. The van der Waals surface area contributed by atoms with E-state index in [1.807, 2.05) is 0 Å². The van der Waals surface area contributed by atoms with Gasteiger partial charge in [-0.25, -0.2) is 0 Å². The van der Waals surface area contributed by atoms with Crippen molar-refractivity contribution in [2.24, 2.45) is 0 Å². The van der Waals surface area contributed by atoms with Crippen LogP contribution in [0.25, 0.3) is 38.6 Å². The third-order valence-electron chi connectivity index (χ3n) is 7.82. The molecule has 0 saturated carbocycles. The maximum Gasteiger partial charge on any atom is 0.0642 e. The molecular weight excluding hydrogens is 416 g/mol. The molecule has 2 heterocycles. The van der Waals surface area contributed by atoms with Crippen molar-refractivity contribution in [3.8, 4) is 16.9 Å². The van der Waals surface area contributed by atoms with Gasteiger partial charge in [0.05, 0.1) is 24.4 Å². The van der Waals surface area contributed by atoms with Crippen molar-refractivity contribution >= 4 is 27.4 Å². The molecule has 5 aromatic rings. The predicted molar refractivity (Wildman–Crippen MR) is 141 cm³/mol. The van der Waals surface area contributed by atoms with E-state index in [-0.39, 0.29) is 5.41 Å². The van der Waals surface area contributed by atoms with Crippen LogP contribution < -0.4 is 4.90 Å². The molecule has 3 nitrogen and oxygen atoms in total. The minimum atomic E-state index is -0.0500. The lowest BCUT2D eigenvalue weighted by atomic mass is 9.81. The first kappa shape index (κ1) is 19.9. The molecule has 0 amide bonds. The van der Waals surface area contributed by atoms with E-state index in [9.17, 15) is 0 Å². The number of ether oxygens (including phenoxy) is 1. The zero-order valence-corrected chi connectivity index (χ0v) is 19.7. The maximum atomic E-state index is 5.55. The Balaban J connectivity index is 1.54. The molecule has 1 aliphatic heterocycles. The van der Waals surface area contributed by atoms with E-state index in [1.165, 1.54) is 55.4 Å².